The zero-order valence-corrected chi connectivity index (χ0v) is 10.5. The highest BCUT2D eigenvalue weighted by Gasteiger charge is 2.20. The molecule has 1 amide bonds. The summed E-state index contributed by atoms with van der Waals surface area (Å²) < 4.78 is 0. The Hall–Kier alpha value is -0.870. The van der Waals surface area contributed by atoms with Crippen LogP contribution >= 0.6 is 11.3 Å². The van der Waals surface area contributed by atoms with Gasteiger partial charge in [-0.3, -0.25) is 9.63 Å². The van der Waals surface area contributed by atoms with E-state index in [0.717, 1.165) is 23.6 Å². The number of thiophene rings is 1. The van der Waals surface area contributed by atoms with Gasteiger partial charge in [0.25, 0.3) is 5.91 Å². The average molecular weight is 239 g/mol. The summed E-state index contributed by atoms with van der Waals surface area (Å²) in [7, 11) is 0. The van der Waals surface area contributed by atoms with Crippen molar-refractivity contribution < 1.29 is 9.63 Å². The second-order valence-corrected chi connectivity index (χ2v) is 5.41. The lowest BCUT2D eigenvalue weighted by Crippen LogP contribution is -2.22. The van der Waals surface area contributed by atoms with Crippen molar-refractivity contribution >= 4 is 17.2 Å². The predicted molar refractivity (Wildman–Crippen MR) is 64.6 cm³/mol. The van der Waals surface area contributed by atoms with E-state index in [1.54, 1.807) is 11.3 Å². The van der Waals surface area contributed by atoms with E-state index in [4.69, 9.17) is 4.84 Å². The van der Waals surface area contributed by atoms with Crippen molar-refractivity contribution in [1.82, 2.24) is 5.48 Å². The Bertz CT molecular complexity index is 386. The van der Waals surface area contributed by atoms with Gasteiger partial charge >= 0.3 is 0 Å². The fourth-order valence-corrected chi connectivity index (χ4v) is 3.10. The molecule has 3 nitrogen and oxygen atoms in total. The Labute approximate surface area is 99.8 Å². The molecule has 0 aromatic carbocycles. The topological polar surface area (TPSA) is 38.3 Å². The largest absolute Gasteiger partial charge is 0.284 e. The molecule has 1 aromatic heterocycles. The lowest BCUT2D eigenvalue weighted by Gasteiger charge is -2.16. The van der Waals surface area contributed by atoms with Crippen LogP contribution in [0.5, 0.6) is 0 Å². The maximum absolute atomic E-state index is 11.7. The van der Waals surface area contributed by atoms with Crippen LogP contribution in [0.2, 0.25) is 0 Å². The molecular weight excluding hydrogens is 222 g/mol. The van der Waals surface area contributed by atoms with Gasteiger partial charge in [-0.05, 0) is 43.7 Å². The number of carbonyl (C=O) groups excluding carboxylic acids is 1. The monoisotopic (exact) mass is 239 g/mol. The molecule has 1 aliphatic rings. The van der Waals surface area contributed by atoms with Crippen molar-refractivity contribution in [2.75, 3.05) is 6.61 Å². The molecule has 1 heterocycles. The minimum atomic E-state index is -0.117. The Morgan fingerprint density at radius 1 is 1.69 bits per heavy atom. The molecule has 2 rings (SSSR count). The van der Waals surface area contributed by atoms with Crippen LogP contribution in [0.3, 0.4) is 0 Å². The predicted octanol–water partition coefficient (Wildman–Crippen LogP) is 2.55. The number of hydrogen-bond acceptors (Lipinski definition) is 3. The van der Waals surface area contributed by atoms with E-state index >= 15 is 0 Å². The molecule has 0 saturated heterocycles. The van der Waals surface area contributed by atoms with Crippen LogP contribution in [0, 0.1) is 5.92 Å². The van der Waals surface area contributed by atoms with E-state index < -0.39 is 0 Å². The molecule has 1 aromatic rings. The van der Waals surface area contributed by atoms with Gasteiger partial charge in [-0.1, -0.05) is 6.92 Å². The van der Waals surface area contributed by atoms with E-state index in [2.05, 4.69) is 12.4 Å². The number of aryl methyl sites for hydroxylation is 1. The Morgan fingerprint density at radius 2 is 2.50 bits per heavy atom. The summed E-state index contributed by atoms with van der Waals surface area (Å²) in [6.45, 7) is 4.61. The van der Waals surface area contributed by atoms with E-state index in [1.165, 1.54) is 16.9 Å². The molecule has 4 heteroatoms. The molecule has 0 fully saturated rings. The number of hydrogen-bond donors (Lipinski definition) is 1. The molecule has 1 N–H and O–H groups in total. The molecular formula is C12H17NO2S. The number of fused-ring (bicyclic) bond motifs is 1. The molecule has 16 heavy (non-hydrogen) atoms. The second-order valence-electron chi connectivity index (χ2n) is 4.27. The summed E-state index contributed by atoms with van der Waals surface area (Å²) >= 11 is 1.60. The van der Waals surface area contributed by atoms with Crippen LogP contribution in [0.15, 0.2) is 6.07 Å². The van der Waals surface area contributed by atoms with Gasteiger partial charge in [0, 0.05) is 4.88 Å². The molecule has 0 bridgehead atoms. The van der Waals surface area contributed by atoms with Gasteiger partial charge in [0.2, 0.25) is 0 Å². The zero-order valence-electron chi connectivity index (χ0n) is 9.71. The fraction of sp³-hybridized carbons (Fsp3) is 0.583. The number of hydroxylamine groups is 1. The molecule has 0 radical (unpaired) electrons. The first-order valence-corrected chi connectivity index (χ1v) is 6.56. The number of carbonyl (C=O) groups is 1. The van der Waals surface area contributed by atoms with Gasteiger partial charge in [0.15, 0.2) is 0 Å². The summed E-state index contributed by atoms with van der Waals surface area (Å²) in [5.74, 6) is 0.624. The first-order valence-electron chi connectivity index (χ1n) is 5.74. The van der Waals surface area contributed by atoms with Crippen LogP contribution in [-0.4, -0.2) is 12.5 Å². The van der Waals surface area contributed by atoms with Crippen LogP contribution in [-0.2, 0) is 17.7 Å². The summed E-state index contributed by atoms with van der Waals surface area (Å²) in [6, 6.07) is 2.02. The van der Waals surface area contributed by atoms with Crippen molar-refractivity contribution in [3.8, 4) is 0 Å². The van der Waals surface area contributed by atoms with Gasteiger partial charge in [-0.2, -0.15) is 0 Å². The lowest BCUT2D eigenvalue weighted by molar-refractivity contribution is 0.0368. The molecule has 0 spiro atoms. The van der Waals surface area contributed by atoms with Gasteiger partial charge < -0.3 is 0 Å². The van der Waals surface area contributed by atoms with Crippen molar-refractivity contribution in [1.29, 1.82) is 0 Å². The van der Waals surface area contributed by atoms with Crippen molar-refractivity contribution in [3.63, 3.8) is 0 Å². The van der Waals surface area contributed by atoms with Gasteiger partial charge in [0.05, 0.1) is 11.5 Å². The van der Waals surface area contributed by atoms with Crippen molar-refractivity contribution in [3.05, 3.63) is 21.4 Å². The quantitative estimate of drug-likeness (QED) is 0.823. The van der Waals surface area contributed by atoms with E-state index in [9.17, 15) is 4.79 Å². The standard InChI is InChI=1S/C12H17NO2S/c1-3-15-13-12(14)11-7-9-6-8(2)4-5-10(9)16-11/h7-8H,3-6H2,1-2H3,(H,13,14). The van der Waals surface area contributed by atoms with Gasteiger partial charge in [0.1, 0.15) is 0 Å². The lowest BCUT2D eigenvalue weighted by atomic mass is 9.90. The minimum absolute atomic E-state index is 0.117. The normalized spacial score (nSPS) is 19.2. The molecule has 0 aliphatic heterocycles. The SMILES string of the molecule is CCONC(=O)c1cc2c(s1)CCC(C)C2. The van der Waals surface area contributed by atoms with Crippen LogP contribution in [0.25, 0.3) is 0 Å². The second kappa shape index (κ2) is 4.97. The Morgan fingerprint density at radius 3 is 3.25 bits per heavy atom. The first-order chi connectivity index (χ1) is 7.70. The third kappa shape index (κ3) is 2.44. The highest BCUT2D eigenvalue weighted by molar-refractivity contribution is 7.14. The maximum Gasteiger partial charge on any atom is 0.284 e. The van der Waals surface area contributed by atoms with Crippen LogP contribution in [0.1, 0.15) is 40.4 Å². The molecule has 1 unspecified atom stereocenters. The highest BCUT2D eigenvalue weighted by Crippen LogP contribution is 2.32. The number of rotatable bonds is 3. The smallest absolute Gasteiger partial charge is 0.274 e. The maximum atomic E-state index is 11.7. The Balaban J connectivity index is 2.09. The third-order valence-corrected chi connectivity index (χ3v) is 4.10. The zero-order chi connectivity index (χ0) is 11.5. The fourth-order valence-electron chi connectivity index (χ4n) is 2.01. The highest BCUT2D eigenvalue weighted by atomic mass is 32.1. The number of amides is 1. The van der Waals surface area contributed by atoms with Crippen LogP contribution in [0.4, 0.5) is 0 Å². The Kier molecular flexibility index (Phi) is 3.61. The molecule has 0 saturated carbocycles. The van der Waals surface area contributed by atoms with Crippen LogP contribution < -0.4 is 5.48 Å². The van der Waals surface area contributed by atoms with Crippen molar-refractivity contribution in [2.45, 2.75) is 33.1 Å². The summed E-state index contributed by atoms with van der Waals surface area (Å²) in [6.07, 6.45) is 3.46. The third-order valence-electron chi connectivity index (χ3n) is 2.86. The van der Waals surface area contributed by atoms with E-state index in [1.807, 2.05) is 13.0 Å². The van der Waals surface area contributed by atoms with Gasteiger partial charge in [-0.15, -0.1) is 11.3 Å². The summed E-state index contributed by atoms with van der Waals surface area (Å²) in [5, 5.41) is 0. The average Bonchev–Trinajstić information content (AvgIpc) is 2.68. The molecule has 1 aliphatic carbocycles. The summed E-state index contributed by atoms with van der Waals surface area (Å²) in [4.78, 5) is 18.7. The molecule has 88 valence electrons. The van der Waals surface area contributed by atoms with Gasteiger partial charge in [-0.25, -0.2) is 5.48 Å². The minimum Gasteiger partial charge on any atom is -0.274 e. The van der Waals surface area contributed by atoms with Crippen molar-refractivity contribution in [2.24, 2.45) is 5.92 Å². The van der Waals surface area contributed by atoms with E-state index in [0.29, 0.717) is 6.61 Å². The summed E-state index contributed by atoms with van der Waals surface area (Å²) in [5.41, 5.74) is 3.79. The van der Waals surface area contributed by atoms with E-state index in [-0.39, 0.29) is 5.91 Å². The number of nitrogens with one attached hydrogen (secondary N) is 1. The first kappa shape index (κ1) is 11.6. The molecule has 1 atom stereocenters.